The van der Waals surface area contributed by atoms with Crippen LogP contribution in [0.25, 0.3) is 5.69 Å². The molecule has 1 fully saturated rings. The van der Waals surface area contributed by atoms with Gasteiger partial charge in [-0.2, -0.15) is 0 Å². The van der Waals surface area contributed by atoms with E-state index in [2.05, 4.69) is 52.9 Å². The molecule has 0 unspecified atom stereocenters. The van der Waals surface area contributed by atoms with Crippen molar-refractivity contribution in [3.63, 3.8) is 0 Å². The van der Waals surface area contributed by atoms with Crippen LogP contribution in [0.5, 0.6) is 0 Å². The minimum absolute atomic E-state index is 0.805. The second-order valence-electron chi connectivity index (χ2n) is 6.26. The molecule has 1 saturated carbocycles. The molecule has 0 spiro atoms. The van der Waals surface area contributed by atoms with Gasteiger partial charge in [0.15, 0.2) is 0 Å². The summed E-state index contributed by atoms with van der Waals surface area (Å²) in [5, 5.41) is 15.0. The highest BCUT2D eigenvalue weighted by atomic mass is 15.5. The molecule has 0 saturated heterocycles. The van der Waals surface area contributed by atoms with E-state index >= 15 is 0 Å². The lowest BCUT2D eigenvalue weighted by molar-refractivity contribution is 0.300. The molecule has 1 aliphatic rings. The zero-order chi connectivity index (χ0) is 14.7. The van der Waals surface area contributed by atoms with Crippen molar-refractivity contribution in [1.82, 2.24) is 20.2 Å². The van der Waals surface area contributed by atoms with Crippen LogP contribution in [0, 0.1) is 18.8 Å². The Morgan fingerprint density at radius 1 is 1.24 bits per heavy atom. The van der Waals surface area contributed by atoms with Crippen molar-refractivity contribution in [2.24, 2.45) is 11.8 Å². The second-order valence-corrected chi connectivity index (χ2v) is 6.26. The monoisotopic (exact) mass is 285 g/mol. The highest BCUT2D eigenvalue weighted by Crippen LogP contribution is 2.28. The van der Waals surface area contributed by atoms with E-state index in [0.29, 0.717) is 0 Å². The summed E-state index contributed by atoms with van der Waals surface area (Å²) in [6.45, 7) is 5.50. The fraction of sp³-hybridized carbons (Fsp3) is 0.562. The Balaban J connectivity index is 1.65. The summed E-state index contributed by atoms with van der Waals surface area (Å²) in [5.74, 6) is 1.71. The van der Waals surface area contributed by atoms with Crippen LogP contribution in [0.3, 0.4) is 0 Å². The average molecular weight is 285 g/mol. The van der Waals surface area contributed by atoms with Crippen molar-refractivity contribution in [1.29, 1.82) is 0 Å². The van der Waals surface area contributed by atoms with E-state index in [4.69, 9.17) is 0 Å². The van der Waals surface area contributed by atoms with E-state index in [-0.39, 0.29) is 0 Å². The molecule has 1 heterocycles. The highest BCUT2D eigenvalue weighted by Gasteiger charge is 2.17. The van der Waals surface area contributed by atoms with Crippen LogP contribution in [-0.2, 0) is 0 Å². The second kappa shape index (κ2) is 6.24. The van der Waals surface area contributed by atoms with E-state index in [1.54, 1.807) is 11.0 Å². The van der Waals surface area contributed by atoms with Crippen LogP contribution >= 0.6 is 0 Å². The Kier molecular flexibility index (Phi) is 4.18. The van der Waals surface area contributed by atoms with Crippen LogP contribution in [0.1, 0.15) is 38.2 Å². The van der Waals surface area contributed by atoms with Gasteiger partial charge in [-0.1, -0.05) is 25.8 Å². The summed E-state index contributed by atoms with van der Waals surface area (Å²) < 4.78 is 1.71. The van der Waals surface area contributed by atoms with Crippen molar-refractivity contribution < 1.29 is 0 Å². The molecule has 5 nitrogen and oxygen atoms in total. The molecular weight excluding hydrogens is 262 g/mol. The number of anilines is 1. The Bertz CT molecular complexity index is 570. The van der Waals surface area contributed by atoms with Crippen LogP contribution < -0.4 is 5.32 Å². The first kappa shape index (κ1) is 14.0. The number of hydrogen-bond donors (Lipinski definition) is 1. The summed E-state index contributed by atoms with van der Waals surface area (Å²) in [6, 6.07) is 6.37. The summed E-state index contributed by atoms with van der Waals surface area (Å²) in [4.78, 5) is 0. The molecule has 0 atom stereocenters. The molecule has 2 aromatic rings. The molecule has 1 aliphatic carbocycles. The van der Waals surface area contributed by atoms with Crippen molar-refractivity contribution in [3.05, 3.63) is 30.1 Å². The van der Waals surface area contributed by atoms with Crippen LogP contribution in [-0.4, -0.2) is 26.8 Å². The molecule has 0 aliphatic heterocycles. The van der Waals surface area contributed by atoms with Crippen LogP contribution in [0.4, 0.5) is 5.69 Å². The fourth-order valence-electron chi connectivity index (χ4n) is 3.03. The van der Waals surface area contributed by atoms with Gasteiger partial charge in [0.1, 0.15) is 6.33 Å². The van der Waals surface area contributed by atoms with Crippen molar-refractivity contribution >= 4 is 5.69 Å². The maximum atomic E-state index is 3.97. The van der Waals surface area contributed by atoms with E-state index in [0.717, 1.165) is 29.8 Å². The summed E-state index contributed by atoms with van der Waals surface area (Å²) in [5.41, 5.74) is 3.34. The van der Waals surface area contributed by atoms with Gasteiger partial charge in [0.05, 0.1) is 5.69 Å². The Labute approximate surface area is 125 Å². The summed E-state index contributed by atoms with van der Waals surface area (Å²) >= 11 is 0. The van der Waals surface area contributed by atoms with Crippen molar-refractivity contribution in [2.45, 2.75) is 39.5 Å². The van der Waals surface area contributed by atoms with Crippen molar-refractivity contribution in [3.8, 4) is 5.69 Å². The van der Waals surface area contributed by atoms with Gasteiger partial charge in [0.25, 0.3) is 0 Å². The van der Waals surface area contributed by atoms with Gasteiger partial charge in [-0.05, 0) is 59.7 Å². The quantitative estimate of drug-likeness (QED) is 0.937. The third kappa shape index (κ3) is 3.40. The lowest BCUT2D eigenvalue weighted by Gasteiger charge is -2.26. The Morgan fingerprint density at radius 2 is 2.05 bits per heavy atom. The minimum atomic E-state index is 0.805. The Morgan fingerprint density at radius 3 is 2.76 bits per heavy atom. The standard InChI is InChI=1S/C16H23N5/c1-12-3-6-14(7-4-12)10-17-15-8-5-13(2)16(9-15)21-11-18-19-20-21/h5,8-9,11-12,14,17H,3-4,6-7,10H2,1-2H3. The summed E-state index contributed by atoms with van der Waals surface area (Å²) in [7, 11) is 0. The third-order valence-corrected chi connectivity index (χ3v) is 4.54. The molecule has 21 heavy (non-hydrogen) atoms. The topological polar surface area (TPSA) is 55.6 Å². The van der Waals surface area contributed by atoms with Crippen LogP contribution in [0.15, 0.2) is 24.5 Å². The van der Waals surface area contributed by atoms with Gasteiger partial charge in [0, 0.05) is 12.2 Å². The fourth-order valence-corrected chi connectivity index (χ4v) is 3.03. The van der Waals surface area contributed by atoms with Gasteiger partial charge < -0.3 is 5.32 Å². The molecular formula is C16H23N5. The normalized spacial score (nSPS) is 22.2. The average Bonchev–Trinajstić information content (AvgIpc) is 3.02. The molecule has 5 heteroatoms. The molecule has 112 valence electrons. The maximum Gasteiger partial charge on any atom is 0.143 e. The number of hydrogen-bond acceptors (Lipinski definition) is 4. The lowest BCUT2D eigenvalue weighted by atomic mass is 9.83. The van der Waals surface area contributed by atoms with Crippen LogP contribution in [0.2, 0.25) is 0 Å². The number of aryl methyl sites for hydroxylation is 1. The minimum Gasteiger partial charge on any atom is -0.385 e. The molecule has 0 bridgehead atoms. The largest absolute Gasteiger partial charge is 0.385 e. The molecule has 3 rings (SSSR count). The van der Waals surface area contributed by atoms with Gasteiger partial charge in [-0.15, -0.1) is 5.10 Å². The van der Waals surface area contributed by atoms with E-state index in [9.17, 15) is 0 Å². The molecule has 1 N–H and O–H groups in total. The molecule has 1 aromatic heterocycles. The SMILES string of the molecule is Cc1ccc(NCC2CCC(C)CC2)cc1-n1cnnn1. The lowest BCUT2D eigenvalue weighted by Crippen LogP contribution is -2.20. The van der Waals surface area contributed by atoms with Gasteiger partial charge in [-0.25, -0.2) is 4.68 Å². The zero-order valence-electron chi connectivity index (χ0n) is 12.8. The number of aromatic nitrogens is 4. The smallest absolute Gasteiger partial charge is 0.143 e. The van der Waals surface area contributed by atoms with E-state index < -0.39 is 0 Å². The number of benzene rings is 1. The molecule has 0 amide bonds. The number of nitrogens with zero attached hydrogens (tertiary/aromatic N) is 4. The molecule has 1 aromatic carbocycles. The first-order valence-corrected chi connectivity index (χ1v) is 7.80. The van der Waals surface area contributed by atoms with Gasteiger partial charge in [-0.3, -0.25) is 0 Å². The van der Waals surface area contributed by atoms with E-state index in [1.165, 1.54) is 31.2 Å². The highest BCUT2D eigenvalue weighted by molar-refractivity contribution is 5.54. The number of rotatable bonds is 4. The third-order valence-electron chi connectivity index (χ3n) is 4.54. The number of nitrogens with one attached hydrogen (secondary N) is 1. The van der Waals surface area contributed by atoms with Gasteiger partial charge in [0.2, 0.25) is 0 Å². The maximum absolute atomic E-state index is 3.97. The van der Waals surface area contributed by atoms with Crippen molar-refractivity contribution in [2.75, 3.05) is 11.9 Å². The zero-order valence-corrected chi connectivity index (χ0v) is 12.8. The predicted octanol–water partition coefficient (Wildman–Crippen LogP) is 3.21. The van der Waals surface area contributed by atoms with E-state index in [1.807, 2.05) is 0 Å². The molecule has 0 radical (unpaired) electrons. The Hall–Kier alpha value is -1.91. The van der Waals surface area contributed by atoms with Gasteiger partial charge >= 0.3 is 0 Å². The summed E-state index contributed by atoms with van der Waals surface area (Å²) in [6.07, 6.45) is 7.07. The first-order valence-electron chi connectivity index (χ1n) is 7.80. The first-order chi connectivity index (χ1) is 10.2. The predicted molar refractivity (Wildman–Crippen MR) is 83.5 cm³/mol. The number of tetrazole rings is 1.